The first-order chi connectivity index (χ1) is 14.7. The van der Waals surface area contributed by atoms with Crippen LogP contribution in [0.1, 0.15) is 53.9 Å². The molecule has 0 bridgehead atoms. The van der Waals surface area contributed by atoms with Crippen LogP contribution < -0.4 is 0 Å². The zero-order valence-corrected chi connectivity index (χ0v) is 21.1. The second-order valence-corrected chi connectivity index (χ2v) is 5.58. The third kappa shape index (κ3) is 56.7. The minimum absolute atomic E-state index is 0. The summed E-state index contributed by atoms with van der Waals surface area (Å²) in [4.78, 5) is 60.0. The molecule has 1 N–H and O–H groups in total. The van der Waals surface area contributed by atoms with Gasteiger partial charge >= 0.3 is 21.7 Å². The summed E-state index contributed by atoms with van der Waals surface area (Å²) in [5.41, 5.74) is 0. The first-order valence-corrected chi connectivity index (χ1v) is 9.67. The molecule has 0 rings (SSSR count). The summed E-state index contributed by atoms with van der Waals surface area (Å²) in [7, 11) is 0. The molecule has 32 heavy (non-hydrogen) atoms. The van der Waals surface area contributed by atoms with Gasteiger partial charge in [0.1, 0.15) is 37.2 Å². The number of rotatable bonds is 15. The second-order valence-electron chi connectivity index (χ2n) is 5.58. The Kier molecular flexibility index (Phi) is 47.2. The van der Waals surface area contributed by atoms with Crippen molar-refractivity contribution in [1.29, 1.82) is 0 Å². The third-order valence-electron chi connectivity index (χ3n) is 2.21. The number of hydrogen-bond donors (Lipinski definition) is 1. The van der Waals surface area contributed by atoms with Crippen LogP contribution in [0.3, 0.4) is 0 Å². The summed E-state index contributed by atoms with van der Waals surface area (Å²) in [6.07, 6.45) is 3.87. The molecule has 0 aromatic rings. The Labute approximate surface area is 205 Å². The van der Waals surface area contributed by atoms with E-state index in [4.69, 9.17) is 19.3 Å². The summed E-state index contributed by atoms with van der Waals surface area (Å²) >= 11 is 0. The minimum atomic E-state index is -0.216. The molecule has 10 nitrogen and oxygen atoms in total. The fraction of sp³-hybridized carbons (Fsp3) is 0.714. The first-order valence-electron chi connectivity index (χ1n) is 9.67. The predicted octanol–water partition coefficient (Wildman–Crippen LogP) is 0.660. The number of ketones is 3. The fourth-order valence-electron chi connectivity index (χ4n) is 1.04. The van der Waals surface area contributed by atoms with Crippen LogP contribution >= 0.6 is 0 Å². The number of aliphatic hydroxyl groups is 1. The second kappa shape index (κ2) is 36.9. The number of aliphatic hydroxyl groups excluding tert-OH is 1. The van der Waals surface area contributed by atoms with Crippen LogP contribution in [-0.2, 0) is 64.7 Å². The van der Waals surface area contributed by atoms with Crippen molar-refractivity contribution in [3.63, 3.8) is 0 Å². The van der Waals surface area contributed by atoms with E-state index in [9.17, 15) is 28.8 Å². The van der Waals surface area contributed by atoms with Crippen LogP contribution in [0.2, 0.25) is 0 Å². The molecule has 11 heteroatoms. The van der Waals surface area contributed by atoms with E-state index in [1.165, 1.54) is 18.9 Å². The van der Waals surface area contributed by atoms with E-state index in [1.54, 1.807) is 34.6 Å². The quantitative estimate of drug-likeness (QED) is 0.195. The summed E-state index contributed by atoms with van der Waals surface area (Å²) in [6, 6.07) is 0. The molecule has 183 valence electrons. The van der Waals surface area contributed by atoms with Crippen LogP contribution in [0, 0.1) is 0 Å². The van der Waals surface area contributed by atoms with Crippen molar-refractivity contribution in [3.8, 4) is 0 Å². The van der Waals surface area contributed by atoms with E-state index in [-0.39, 0.29) is 84.3 Å². The maximum Gasteiger partial charge on any atom is 3.00 e. The Balaban J connectivity index is -0.000000104. The standard InChI is InChI=1S/3C6H9O3.C3H8O.Ti/c3*1-2-9-5-6(8)3-4-7;1-3(2)4;/h3*2-3,5H2,1H3;3-4H,1-2H3;/q3*-1;;+3. The summed E-state index contributed by atoms with van der Waals surface area (Å²) in [6.45, 7) is 10.4. The molecule has 0 aliphatic heterocycles. The van der Waals surface area contributed by atoms with Crippen molar-refractivity contribution in [2.45, 2.75) is 60.0 Å². The number of carbonyl (C=O) groups excluding carboxylic acids is 6. The zero-order valence-electron chi connectivity index (χ0n) is 19.6. The number of hydrogen-bond acceptors (Lipinski definition) is 10. The van der Waals surface area contributed by atoms with Crippen molar-refractivity contribution < 1.29 is 69.8 Å². The van der Waals surface area contributed by atoms with E-state index < -0.39 is 0 Å². The number of carbonyl (C=O) groups is 3. The van der Waals surface area contributed by atoms with Gasteiger partial charge in [-0.25, -0.2) is 0 Å². The van der Waals surface area contributed by atoms with Crippen LogP contribution in [-0.4, -0.2) is 87.1 Å². The normalized spacial score (nSPS) is 8.72. The molecule has 1 radical (unpaired) electrons. The molecule has 0 saturated carbocycles. The molecule has 0 saturated heterocycles. The first kappa shape index (κ1) is 40.9. The Morgan fingerprint density at radius 2 is 0.844 bits per heavy atom. The fourth-order valence-corrected chi connectivity index (χ4v) is 1.04. The molecule has 0 spiro atoms. The number of ether oxygens (including phenoxy) is 3. The van der Waals surface area contributed by atoms with Gasteiger partial charge in [-0.2, -0.15) is 0 Å². The van der Waals surface area contributed by atoms with E-state index in [2.05, 4.69) is 0 Å². The minimum Gasteiger partial charge on any atom is -0.541 e. The molecule has 0 heterocycles. The van der Waals surface area contributed by atoms with E-state index in [0.717, 1.165) is 0 Å². The molecule has 0 fully saturated rings. The van der Waals surface area contributed by atoms with Crippen molar-refractivity contribution in [2.75, 3.05) is 39.6 Å². The average molecular weight is 495 g/mol. The monoisotopic (exact) mass is 495 g/mol. The Morgan fingerprint density at radius 1 is 0.656 bits per heavy atom. The molecule has 0 amide bonds. The molecular formula is C21H35O10Ti. The van der Waals surface area contributed by atoms with Gasteiger partial charge in [-0.1, -0.05) is 19.3 Å². The maximum atomic E-state index is 10.4. The van der Waals surface area contributed by atoms with E-state index >= 15 is 0 Å². The molecule has 0 aliphatic rings. The average Bonchev–Trinajstić information content (AvgIpc) is 2.70. The van der Waals surface area contributed by atoms with Gasteiger partial charge in [0.2, 0.25) is 0 Å². The van der Waals surface area contributed by atoms with Gasteiger partial charge < -0.3 is 33.7 Å². The van der Waals surface area contributed by atoms with Crippen LogP contribution in [0.5, 0.6) is 0 Å². The molecule has 0 atom stereocenters. The van der Waals surface area contributed by atoms with Crippen molar-refractivity contribution in [2.24, 2.45) is 0 Å². The Bertz CT molecular complexity index is 403. The van der Waals surface area contributed by atoms with Crippen LogP contribution in [0.25, 0.3) is 0 Å². The Hall–Kier alpha value is -1.43. The largest absolute Gasteiger partial charge is 3.00 e. The SMILES string of the molecule is CC(C)O.CCOCC(=O)C[C-]=O.CCOCC(=O)C[C-]=O.CCOCC(=O)C[C-]=O.[Ti+3]. The van der Waals surface area contributed by atoms with E-state index in [0.29, 0.717) is 19.8 Å². The van der Waals surface area contributed by atoms with Gasteiger partial charge in [0.15, 0.2) is 0 Å². The molecular weight excluding hydrogens is 460 g/mol. The van der Waals surface area contributed by atoms with Gasteiger partial charge in [-0.15, -0.1) is 0 Å². The summed E-state index contributed by atoms with van der Waals surface area (Å²) in [5, 5.41) is 8.06. The predicted molar refractivity (Wildman–Crippen MR) is 113 cm³/mol. The van der Waals surface area contributed by atoms with Crippen LogP contribution in [0.15, 0.2) is 0 Å². The smallest absolute Gasteiger partial charge is 0.541 e. The van der Waals surface area contributed by atoms with Crippen molar-refractivity contribution >= 4 is 36.2 Å². The molecule has 0 unspecified atom stereocenters. The third-order valence-corrected chi connectivity index (χ3v) is 2.21. The van der Waals surface area contributed by atoms with Gasteiger partial charge in [0.05, 0.1) is 0 Å². The van der Waals surface area contributed by atoms with Crippen molar-refractivity contribution in [3.05, 3.63) is 0 Å². The van der Waals surface area contributed by atoms with Gasteiger partial charge in [-0.3, -0.25) is 33.2 Å². The van der Waals surface area contributed by atoms with E-state index in [1.807, 2.05) is 0 Å². The van der Waals surface area contributed by atoms with Gasteiger partial charge in [-0.05, 0) is 34.6 Å². The zero-order chi connectivity index (χ0) is 24.9. The van der Waals surface area contributed by atoms with Crippen LogP contribution in [0.4, 0.5) is 0 Å². The molecule has 0 aromatic heterocycles. The molecule has 0 aromatic carbocycles. The van der Waals surface area contributed by atoms with Gasteiger partial charge in [0, 0.05) is 25.9 Å². The summed E-state index contributed by atoms with van der Waals surface area (Å²) in [5.74, 6) is -0.648. The van der Waals surface area contributed by atoms with Crippen molar-refractivity contribution in [1.82, 2.24) is 0 Å². The maximum absolute atomic E-state index is 10.4. The topological polar surface area (TPSA) is 150 Å². The summed E-state index contributed by atoms with van der Waals surface area (Å²) < 4.78 is 14.2. The molecule has 0 aliphatic carbocycles. The Morgan fingerprint density at radius 3 is 0.969 bits per heavy atom. The van der Waals surface area contributed by atoms with Gasteiger partial charge in [0.25, 0.3) is 0 Å². The number of Topliss-reactive ketones (excluding diaryl/α,β-unsaturated/α-hetero) is 3.